The van der Waals surface area contributed by atoms with Crippen LogP contribution in [0.25, 0.3) is 0 Å². The molecule has 1 aromatic rings. The van der Waals surface area contributed by atoms with Gasteiger partial charge in [0.2, 0.25) is 0 Å². The first kappa shape index (κ1) is 17.1. The number of hydrogen-bond donors (Lipinski definition) is 1. The highest BCUT2D eigenvalue weighted by atomic mass is 32.2. The van der Waals surface area contributed by atoms with E-state index in [2.05, 4.69) is 18.1 Å². The molecular weight excluding hydrogens is 312 g/mol. The van der Waals surface area contributed by atoms with Gasteiger partial charge in [-0.3, -0.25) is 9.59 Å². The number of aromatic amines is 1. The van der Waals surface area contributed by atoms with Crippen molar-refractivity contribution in [1.82, 2.24) is 9.88 Å². The molecule has 0 unspecified atom stereocenters. The van der Waals surface area contributed by atoms with Crippen LogP contribution in [0.1, 0.15) is 12.8 Å². The minimum atomic E-state index is -0.135. The van der Waals surface area contributed by atoms with Crippen molar-refractivity contribution in [3.8, 4) is 5.88 Å². The van der Waals surface area contributed by atoms with Crippen LogP contribution < -0.4 is 10.2 Å². The summed E-state index contributed by atoms with van der Waals surface area (Å²) in [5.41, 5.74) is 0.435. The highest BCUT2D eigenvalue weighted by Crippen LogP contribution is 2.19. The van der Waals surface area contributed by atoms with Crippen LogP contribution in [-0.2, 0) is 4.79 Å². The average Bonchev–Trinajstić information content (AvgIpc) is 2.55. The third kappa shape index (κ3) is 4.89. The highest BCUT2D eigenvalue weighted by Gasteiger charge is 2.26. The van der Waals surface area contributed by atoms with Crippen molar-refractivity contribution >= 4 is 17.7 Å². The van der Waals surface area contributed by atoms with Gasteiger partial charge in [0.05, 0.1) is 6.54 Å². The molecule has 1 aliphatic heterocycles. The Morgan fingerprint density at radius 1 is 1.48 bits per heavy atom. The van der Waals surface area contributed by atoms with Crippen LogP contribution in [-0.4, -0.2) is 35.0 Å². The number of H-pyrrole nitrogens is 1. The largest absolute Gasteiger partial charge is 0.474 e. The van der Waals surface area contributed by atoms with E-state index in [0.717, 1.165) is 12.8 Å². The van der Waals surface area contributed by atoms with E-state index in [0.29, 0.717) is 24.5 Å². The van der Waals surface area contributed by atoms with Gasteiger partial charge in [-0.15, -0.1) is 11.8 Å². The molecule has 1 amide bonds. The second-order valence-corrected chi connectivity index (χ2v) is 5.94. The van der Waals surface area contributed by atoms with Gasteiger partial charge < -0.3 is 14.6 Å². The van der Waals surface area contributed by atoms with Crippen LogP contribution in [0.4, 0.5) is 0 Å². The number of carbonyl (C=O) groups is 1. The zero-order chi connectivity index (χ0) is 16.7. The molecule has 0 radical (unpaired) electrons. The molecule has 1 N–H and O–H groups in total. The molecule has 2 heterocycles. The van der Waals surface area contributed by atoms with Gasteiger partial charge >= 0.3 is 0 Å². The van der Waals surface area contributed by atoms with Crippen molar-refractivity contribution in [2.75, 3.05) is 13.1 Å². The van der Waals surface area contributed by atoms with E-state index >= 15 is 0 Å². The molecule has 23 heavy (non-hydrogen) atoms. The summed E-state index contributed by atoms with van der Waals surface area (Å²) >= 11 is 1.35. The number of carbonyl (C=O) groups excluding carboxylic acids is 1. The minimum Gasteiger partial charge on any atom is -0.474 e. The lowest BCUT2D eigenvalue weighted by Crippen LogP contribution is -2.44. The molecule has 1 fully saturated rings. The topological polar surface area (TPSA) is 62.4 Å². The van der Waals surface area contributed by atoms with Gasteiger partial charge in [0.1, 0.15) is 6.10 Å². The first-order chi connectivity index (χ1) is 11.1. The van der Waals surface area contributed by atoms with Crippen molar-refractivity contribution in [3.05, 3.63) is 64.2 Å². The van der Waals surface area contributed by atoms with Crippen LogP contribution in [0.3, 0.4) is 0 Å². The predicted molar refractivity (Wildman–Crippen MR) is 93.4 cm³/mol. The Kier molecular flexibility index (Phi) is 6.29. The summed E-state index contributed by atoms with van der Waals surface area (Å²) in [4.78, 5) is 28.5. The minimum absolute atomic E-state index is 0.0656. The number of thioether (sulfide) groups is 1. The lowest BCUT2D eigenvalue weighted by molar-refractivity contribution is -0.129. The van der Waals surface area contributed by atoms with E-state index in [-0.39, 0.29) is 17.4 Å². The third-order valence-electron chi connectivity index (χ3n) is 3.46. The third-order valence-corrected chi connectivity index (χ3v) is 4.05. The lowest BCUT2D eigenvalue weighted by Gasteiger charge is -2.33. The molecule has 122 valence electrons. The van der Waals surface area contributed by atoms with Crippen molar-refractivity contribution in [2.45, 2.75) is 18.9 Å². The molecule has 0 spiro atoms. The molecule has 0 aromatic carbocycles. The molecule has 2 rings (SSSR count). The molecule has 1 aliphatic rings. The number of pyridine rings is 1. The number of rotatable bonds is 6. The summed E-state index contributed by atoms with van der Waals surface area (Å²) in [7, 11) is 0. The Hall–Kier alpha value is -2.21. The fourth-order valence-corrected chi connectivity index (χ4v) is 2.82. The van der Waals surface area contributed by atoms with Gasteiger partial charge in [-0.1, -0.05) is 19.2 Å². The Morgan fingerprint density at radius 3 is 3.00 bits per heavy atom. The van der Waals surface area contributed by atoms with Crippen LogP contribution >= 0.6 is 11.8 Å². The zero-order valence-corrected chi connectivity index (χ0v) is 13.7. The highest BCUT2D eigenvalue weighted by molar-refractivity contribution is 8.04. The fourth-order valence-electron chi connectivity index (χ4n) is 2.38. The van der Waals surface area contributed by atoms with Gasteiger partial charge in [0.25, 0.3) is 5.91 Å². The first-order valence-corrected chi connectivity index (χ1v) is 8.32. The van der Waals surface area contributed by atoms with Crippen LogP contribution in [0, 0.1) is 0 Å². The van der Waals surface area contributed by atoms with E-state index in [1.165, 1.54) is 23.9 Å². The number of likely N-dealkylation sites (tertiary alicyclic amines) is 1. The maximum Gasteiger partial charge on any atom is 0.254 e. The van der Waals surface area contributed by atoms with E-state index < -0.39 is 0 Å². The van der Waals surface area contributed by atoms with Crippen molar-refractivity contribution in [1.29, 1.82) is 0 Å². The van der Waals surface area contributed by atoms with E-state index in [4.69, 9.17) is 4.74 Å². The van der Waals surface area contributed by atoms with Gasteiger partial charge in [0, 0.05) is 30.4 Å². The molecule has 0 aliphatic carbocycles. The molecule has 1 atom stereocenters. The number of nitrogens with zero attached hydrogens (tertiary/aromatic N) is 1. The molecule has 0 bridgehead atoms. The maximum absolute atomic E-state index is 12.5. The van der Waals surface area contributed by atoms with E-state index in [9.17, 15) is 9.59 Å². The van der Waals surface area contributed by atoms with E-state index in [1.54, 1.807) is 28.0 Å². The average molecular weight is 332 g/mol. The normalized spacial score (nSPS) is 18.3. The molecule has 5 nitrogen and oxygen atoms in total. The van der Waals surface area contributed by atoms with Gasteiger partial charge in [-0.25, -0.2) is 0 Å². The smallest absolute Gasteiger partial charge is 0.254 e. The molecule has 1 aromatic heterocycles. The second kappa shape index (κ2) is 8.43. The predicted octanol–water partition coefficient (Wildman–Crippen LogP) is 2.69. The molecule has 0 saturated carbocycles. The van der Waals surface area contributed by atoms with Crippen LogP contribution in [0.15, 0.2) is 58.7 Å². The van der Waals surface area contributed by atoms with Gasteiger partial charge in [-0.2, -0.15) is 0 Å². The maximum atomic E-state index is 12.5. The Morgan fingerprint density at radius 2 is 2.30 bits per heavy atom. The summed E-state index contributed by atoms with van der Waals surface area (Å²) in [5, 5.41) is 3.39. The lowest BCUT2D eigenvalue weighted by atomic mass is 10.1. The van der Waals surface area contributed by atoms with E-state index in [1.807, 2.05) is 0 Å². The van der Waals surface area contributed by atoms with Crippen LogP contribution in [0.5, 0.6) is 5.88 Å². The SMILES string of the molecule is C=CS/C=C(\C=C)C(=O)N1CCC[C@@H](Oc2cc(=O)cc[nH]2)C1. The summed E-state index contributed by atoms with van der Waals surface area (Å²) in [6.07, 6.45) is 4.66. The van der Waals surface area contributed by atoms with Gasteiger partial charge in [0.15, 0.2) is 11.3 Å². The van der Waals surface area contributed by atoms with Crippen molar-refractivity contribution in [3.63, 3.8) is 0 Å². The van der Waals surface area contributed by atoms with Crippen LogP contribution in [0.2, 0.25) is 0 Å². The monoisotopic (exact) mass is 332 g/mol. The second-order valence-electron chi connectivity index (χ2n) is 5.10. The summed E-state index contributed by atoms with van der Waals surface area (Å²) in [6, 6.07) is 2.85. The molecule has 1 saturated heterocycles. The quantitative estimate of drug-likeness (QED) is 0.643. The number of hydrogen-bond acceptors (Lipinski definition) is 4. The molecule has 6 heteroatoms. The summed E-state index contributed by atoms with van der Waals surface area (Å²) < 4.78 is 5.79. The zero-order valence-electron chi connectivity index (χ0n) is 12.9. The van der Waals surface area contributed by atoms with Crippen molar-refractivity contribution < 1.29 is 9.53 Å². The number of amides is 1. The summed E-state index contributed by atoms with van der Waals surface area (Å²) in [5.74, 6) is 0.364. The number of nitrogens with one attached hydrogen (secondary N) is 1. The number of aromatic nitrogens is 1. The first-order valence-electron chi connectivity index (χ1n) is 7.37. The van der Waals surface area contributed by atoms with Gasteiger partial charge in [-0.05, 0) is 23.7 Å². The Balaban J connectivity index is 2.02. The van der Waals surface area contributed by atoms with Crippen molar-refractivity contribution in [2.24, 2.45) is 0 Å². The Bertz CT molecular complexity index is 666. The standard InChI is InChI=1S/C17H20N2O3S/c1-3-13(12-23-4-2)17(21)19-9-5-6-15(11-19)22-16-10-14(20)7-8-18-16/h3-4,7-8,10,12,15H,1-2,5-6,9,11H2,(H,18,20)/b13-12+/t15-/m1/s1. The summed E-state index contributed by atoms with van der Waals surface area (Å²) in [6.45, 7) is 8.48. The molecular formula is C17H20N2O3S. The number of ether oxygens (including phenoxy) is 1. The number of piperidine rings is 1. The fraction of sp³-hybridized carbons (Fsp3) is 0.294. The Labute approximate surface area is 139 Å².